The SMILES string of the molecule is CC[C@H]1CN(S(=O)(=O)C(C)C)CC[C@@H]1NCc1cnn(CC)c1. The molecule has 1 saturated heterocycles. The highest BCUT2D eigenvalue weighted by molar-refractivity contribution is 7.89. The van der Waals surface area contributed by atoms with Gasteiger partial charge in [0.2, 0.25) is 10.0 Å². The highest BCUT2D eigenvalue weighted by Crippen LogP contribution is 2.24. The van der Waals surface area contributed by atoms with Gasteiger partial charge in [0.25, 0.3) is 0 Å². The van der Waals surface area contributed by atoms with E-state index in [1.807, 2.05) is 10.9 Å². The molecule has 0 aromatic carbocycles. The molecule has 0 bridgehead atoms. The number of nitrogens with zero attached hydrogens (tertiary/aromatic N) is 3. The first-order valence-corrected chi connectivity index (χ1v) is 10.1. The van der Waals surface area contributed by atoms with Gasteiger partial charge in [0.15, 0.2) is 0 Å². The van der Waals surface area contributed by atoms with Crippen LogP contribution in [0.15, 0.2) is 12.4 Å². The number of hydrogen-bond donors (Lipinski definition) is 1. The second kappa shape index (κ2) is 7.77. The van der Waals surface area contributed by atoms with E-state index in [0.717, 1.165) is 25.9 Å². The second-order valence-corrected chi connectivity index (χ2v) is 9.09. The topological polar surface area (TPSA) is 67.2 Å². The van der Waals surface area contributed by atoms with Crippen molar-refractivity contribution in [1.29, 1.82) is 0 Å². The van der Waals surface area contributed by atoms with Gasteiger partial charge in [-0.25, -0.2) is 12.7 Å². The lowest BCUT2D eigenvalue weighted by molar-refractivity contribution is 0.200. The molecule has 2 rings (SSSR count). The molecule has 1 N–H and O–H groups in total. The van der Waals surface area contributed by atoms with Gasteiger partial charge in [-0.3, -0.25) is 4.68 Å². The Morgan fingerprint density at radius 3 is 2.70 bits per heavy atom. The van der Waals surface area contributed by atoms with Gasteiger partial charge in [-0.1, -0.05) is 13.3 Å². The largest absolute Gasteiger partial charge is 0.309 e. The zero-order valence-electron chi connectivity index (χ0n) is 14.7. The molecule has 0 aliphatic carbocycles. The number of nitrogens with one attached hydrogen (secondary N) is 1. The molecule has 1 fully saturated rings. The van der Waals surface area contributed by atoms with E-state index in [1.165, 1.54) is 5.56 Å². The molecule has 0 spiro atoms. The van der Waals surface area contributed by atoms with E-state index >= 15 is 0 Å². The van der Waals surface area contributed by atoms with Crippen molar-refractivity contribution >= 4 is 10.0 Å². The van der Waals surface area contributed by atoms with Crippen molar-refractivity contribution in [3.8, 4) is 0 Å². The van der Waals surface area contributed by atoms with Crippen LogP contribution in [0.2, 0.25) is 0 Å². The van der Waals surface area contributed by atoms with E-state index in [9.17, 15) is 8.42 Å². The second-order valence-electron chi connectivity index (χ2n) is 6.60. The van der Waals surface area contributed by atoms with E-state index in [0.29, 0.717) is 25.0 Å². The maximum absolute atomic E-state index is 12.4. The molecule has 2 atom stereocenters. The summed E-state index contributed by atoms with van der Waals surface area (Å²) >= 11 is 0. The summed E-state index contributed by atoms with van der Waals surface area (Å²) in [5, 5.41) is 7.55. The number of aromatic nitrogens is 2. The number of sulfonamides is 1. The highest BCUT2D eigenvalue weighted by Gasteiger charge is 2.34. The van der Waals surface area contributed by atoms with Crippen LogP contribution in [0.1, 0.15) is 46.1 Å². The zero-order chi connectivity index (χ0) is 17.0. The summed E-state index contributed by atoms with van der Waals surface area (Å²) < 4.78 is 28.3. The van der Waals surface area contributed by atoms with Crippen LogP contribution < -0.4 is 5.32 Å². The third kappa shape index (κ3) is 4.33. The van der Waals surface area contributed by atoms with E-state index < -0.39 is 10.0 Å². The summed E-state index contributed by atoms with van der Waals surface area (Å²) in [6.45, 7) is 10.6. The van der Waals surface area contributed by atoms with Crippen molar-refractivity contribution in [2.45, 2.75) is 64.9 Å². The van der Waals surface area contributed by atoms with E-state index in [4.69, 9.17) is 0 Å². The smallest absolute Gasteiger partial charge is 0.216 e. The molecule has 0 saturated carbocycles. The summed E-state index contributed by atoms with van der Waals surface area (Å²) in [6, 6.07) is 0.364. The Bertz CT molecular complexity index is 597. The third-order valence-corrected chi connectivity index (χ3v) is 7.00. The van der Waals surface area contributed by atoms with Crippen LogP contribution >= 0.6 is 0 Å². The third-order valence-electron chi connectivity index (χ3n) is 4.76. The molecule has 23 heavy (non-hydrogen) atoms. The van der Waals surface area contributed by atoms with E-state index in [-0.39, 0.29) is 5.25 Å². The van der Waals surface area contributed by atoms with Crippen LogP contribution in [0.5, 0.6) is 0 Å². The molecule has 2 heterocycles. The van der Waals surface area contributed by atoms with Gasteiger partial charge in [0.05, 0.1) is 11.4 Å². The summed E-state index contributed by atoms with van der Waals surface area (Å²) in [4.78, 5) is 0. The number of rotatable bonds is 7. The maximum atomic E-state index is 12.4. The van der Waals surface area contributed by atoms with Gasteiger partial charge < -0.3 is 5.32 Å². The number of hydrogen-bond acceptors (Lipinski definition) is 4. The molecular weight excluding hydrogens is 312 g/mol. The summed E-state index contributed by atoms with van der Waals surface area (Å²) in [5.74, 6) is 0.360. The normalized spacial score (nSPS) is 23.5. The number of piperidine rings is 1. The van der Waals surface area contributed by atoms with Crippen LogP contribution in [0.3, 0.4) is 0 Å². The Labute approximate surface area is 140 Å². The summed E-state index contributed by atoms with van der Waals surface area (Å²) in [7, 11) is -3.14. The van der Waals surface area contributed by atoms with Crippen LogP contribution in [0, 0.1) is 5.92 Å². The predicted molar refractivity (Wildman–Crippen MR) is 92.6 cm³/mol. The fourth-order valence-electron chi connectivity index (χ4n) is 3.13. The standard InChI is InChI=1S/C16H30N4O2S/c1-5-15-12-20(23(21,22)13(3)4)8-7-16(15)17-9-14-10-18-19(6-2)11-14/h10-11,13,15-17H,5-9,12H2,1-4H3/t15-,16-/m0/s1. The van der Waals surface area contributed by atoms with Crippen LogP contribution in [-0.2, 0) is 23.1 Å². The molecule has 1 aromatic heterocycles. The first kappa shape index (κ1) is 18.4. The zero-order valence-corrected chi connectivity index (χ0v) is 15.5. The quantitative estimate of drug-likeness (QED) is 0.821. The van der Waals surface area contributed by atoms with Gasteiger partial charge in [-0.15, -0.1) is 0 Å². The maximum Gasteiger partial charge on any atom is 0.216 e. The van der Waals surface area contributed by atoms with Gasteiger partial charge in [-0.05, 0) is 33.1 Å². The Hall–Kier alpha value is -0.920. The Morgan fingerprint density at radius 2 is 2.13 bits per heavy atom. The summed E-state index contributed by atoms with van der Waals surface area (Å²) in [6.07, 6.45) is 5.81. The summed E-state index contributed by atoms with van der Waals surface area (Å²) in [5.41, 5.74) is 1.18. The molecule has 1 aliphatic rings. The molecule has 0 unspecified atom stereocenters. The van der Waals surface area contributed by atoms with Gasteiger partial charge >= 0.3 is 0 Å². The first-order chi connectivity index (χ1) is 10.9. The van der Waals surface area contributed by atoms with Gasteiger partial charge in [0, 0.05) is 44.0 Å². The number of aryl methyl sites for hydroxylation is 1. The average molecular weight is 343 g/mol. The fraction of sp³-hybridized carbons (Fsp3) is 0.812. The minimum atomic E-state index is -3.14. The van der Waals surface area contributed by atoms with Crippen molar-refractivity contribution in [3.63, 3.8) is 0 Å². The molecule has 0 amide bonds. The van der Waals surface area contributed by atoms with Gasteiger partial charge in [-0.2, -0.15) is 5.10 Å². The van der Waals surface area contributed by atoms with Crippen molar-refractivity contribution in [3.05, 3.63) is 18.0 Å². The van der Waals surface area contributed by atoms with Crippen LogP contribution in [-0.4, -0.2) is 46.9 Å². The van der Waals surface area contributed by atoms with E-state index in [2.05, 4.69) is 30.5 Å². The lowest BCUT2D eigenvalue weighted by atomic mass is 9.91. The molecule has 6 nitrogen and oxygen atoms in total. The lowest BCUT2D eigenvalue weighted by Gasteiger charge is -2.38. The first-order valence-electron chi connectivity index (χ1n) is 8.62. The molecule has 1 aliphatic heterocycles. The van der Waals surface area contributed by atoms with Crippen LogP contribution in [0.4, 0.5) is 0 Å². The Kier molecular flexibility index (Phi) is 6.22. The monoisotopic (exact) mass is 342 g/mol. The highest BCUT2D eigenvalue weighted by atomic mass is 32.2. The molecular formula is C16H30N4O2S. The van der Waals surface area contributed by atoms with Crippen molar-refractivity contribution in [1.82, 2.24) is 19.4 Å². The average Bonchev–Trinajstić information content (AvgIpc) is 3.00. The predicted octanol–water partition coefficient (Wildman–Crippen LogP) is 1.83. The molecule has 7 heteroatoms. The van der Waals surface area contributed by atoms with Crippen molar-refractivity contribution < 1.29 is 8.42 Å². The minimum absolute atomic E-state index is 0.343. The van der Waals surface area contributed by atoms with Crippen LogP contribution in [0.25, 0.3) is 0 Å². The van der Waals surface area contributed by atoms with Gasteiger partial charge in [0.1, 0.15) is 0 Å². The fourth-order valence-corrected chi connectivity index (χ4v) is 4.49. The van der Waals surface area contributed by atoms with E-state index in [1.54, 1.807) is 18.2 Å². The Morgan fingerprint density at radius 1 is 1.39 bits per heavy atom. The molecule has 0 radical (unpaired) electrons. The Balaban J connectivity index is 1.94. The van der Waals surface area contributed by atoms with Crippen molar-refractivity contribution in [2.24, 2.45) is 5.92 Å². The molecule has 1 aromatic rings. The minimum Gasteiger partial charge on any atom is -0.309 e. The molecule has 132 valence electrons. The lowest BCUT2D eigenvalue weighted by Crippen LogP contribution is -2.51. The van der Waals surface area contributed by atoms with Crippen molar-refractivity contribution in [2.75, 3.05) is 13.1 Å².